The van der Waals surface area contributed by atoms with Crippen LogP contribution in [0.15, 0.2) is 31.8 Å². The van der Waals surface area contributed by atoms with Crippen LogP contribution in [0.2, 0.25) is 0 Å². The van der Waals surface area contributed by atoms with Gasteiger partial charge in [0, 0.05) is 32.6 Å². The Morgan fingerprint density at radius 1 is 1.21 bits per heavy atom. The molecule has 0 amide bonds. The molecule has 1 aliphatic rings. The number of furan rings is 1. The van der Waals surface area contributed by atoms with E-state index in [-0.39, 0.29) is 5.69 Å². The molecule has 9 heteroatoms. The van der Waals surface area contributed by atoms with E-state index in [0.29, 0.717) is 49.0 Å². The molecular weight excluding hydrogens is 360 g/mol. The Hall–Kier alpha value is -3.12. The van der Waals surface area contributed by atoms with Crippen LogP contribution in [0.5, 0.6) is 0 Å². The minimum absolute atomic E-state index is 0.273. The van der Waals surface area contributed by atoms with Gasteiger partial charge < -0.3 is 18.3 Å². The highest BCUT2D eigenvalue weighted by Crippen LogP contribution is 2.29. The van der Waals surface area contributed by atoms with Crippen molar-refractivity contribution in [3.8, 4) is 17.7 Å². The van der Waals surface area contributed by atoms with Crippen molar-refractivity contribution in [1.29, 1.82) is 5.26 Å². The van der Waals surface area contributed by atoms with E-state index < -0.39 is 0 Å². The third kappa shape index (κ3) is 3.92. The minimum Gasteiger partial charge on any atom is -0.459 e. The van der Waals surface area contributed by atoms with Crippen LogP contribution < -0.4 is 4.90 Å². The third-order valence-electron chi connectivity index (χ3n) is 4.57. The number of oxazole rings is 1. The Morgan fingerprint density at radius 3 is 2.71 bits per heavy atom. The number of hydrogen-bond donors (Lipinski definition) is 0. The zero-order valence-corrected chi connectivity index (χ0v) is 16.0. The Bertz CT molecular complexity index is 945. The Labute approximate surface area is 162 Å². The van der Waals surface area contributed by atoms with E-state index in [2.05, 4.69) is 39.9 Å². The fourth-order valence-electron chi connectivity index (χ4n) is 3.21. The number of rotatable bonds is 6. The maximum absolute atomic E-state index is 9.40. The molecule has 0 saturated carbocycles. The fourth-order valence-corrected chi connectivity index (χ4v) is 3.21. The molecule has 0 unspecified atom stereocenters. The van der Waals surface area contributed by atoms with Crippen molar-refractivity contribution >= 4 is 5.88 Å². The maximum atomic E-state index is 9.40. The van der Waals surface area contributed by atoms with Crippen LogP contribution >= 0.6 is 0 Å². The summed E-state index contributed by atoms with van der Waals surface area (Å²) in [5.74, 6) is 3.22. The largest absolute Gasteiger partial charge is 0.459 e. The van der Waals surface area contributed by atoms with Crippen molar-refractivity contribution in [2.24, 2.45) is 5.92 Å². The number of aromatic nitrogens is 3. The molecule has 4 heterocycles. The summed E-state index contributed by atoms with van der Waals surface area (Å²) in [6, 6.07) is 5.62. The number of nitrogens with zero attached hydrogens (tertiary/aromatic N) is 6. The van der Waals surface area contributed by atoms with Gasteiger partial charge in [-0.25, -0.2) is 0 Å². The first-order valence-electron chi connectivity index (χ1n) is 9.36. The van der Waals surface area contributed by atoms with Gasteiger partial charge in [-0.2, -0.15) is 15.2 Å². The van der Waals surface area contributed by atoms with Gasteiger partial charge in [-0.15, -0.1) is 0 Å². The molecule has 0 spiro atoms. The van der Waals surface area contributed by atoms with Crippen molar-refractivity contribution < 1.29 is 13.4 Å². The first-order valence-corrected chi connectivity index (χ1v) is 9.36. The summed E-state index contributed by atoms with van der Waals surface area (Å²) in [7, 11) is 0. The maximum Gasteiger partial charge on any atom is 0.266 e. The highest BCUT2D eigenvalue weighted by Gasteiger charge is 2.26. The summed E-state index contributed by atoms with van der Waals surface area (Å²) >= 11 is 0. The molecule has 1 saturated heterocycles. The monoisotopic (exact) mass is 382 g/mol. The number of hydrogen-bond acceptors (Lipinski definition) is 9. The summed E-state index contributed by atoms with van der Waals surface area (Å²) in [6.07, 6.45) is 2.37. The quantitative estimate of drug-likeness (QED) is 0.635. The first kappa shape index (κ1) is 18.3. The van der Waals surface area contributed by atoms with Crippen LogP contribution in [0.1, 0.15) is 31.3 Å². The van der Waals surface area contributed by atoms with Gasteiger partial charge in [0.25, 0.3) is 5.89 Å². The van der Waals surface area contributed by atoms with Crippen LogP contribution in [0.25, 0.3) is 11.7 Å². The molecule has 3 aromatic heterocycles. The van der Waals surface area contributed by atoms with Crippen LogP contribution in [-0.2, 0) is 13.0 Å². The zero-order valence-electron chi connectivity index (χ0n) is 16.0. The standard InChI is InChI=1S/C19H22N6O3/c1-13(2)10-16-22-17(28-23-16)12-24-5-7-25(8-6-24)19-14(11-20)21-18(27-19)15-4-3-9-26-15/h3-4,9,13H,5-8,10,12H2,1-2H3. The zero-order chi connectivity index (χ0) is 19.5. The molecule has 0 atom stereocenters. The second-order valence-corrected chi connectivity index (χ2v) is 7.23. The lowest BCUT2D eigenvalue weighted by molar-refractivity contribution is 0.213. The topological polar surface area (TPSA) is 108 Å². The van der Waals surface area contributed by atoms with Crippen molar-refractivity contribution in [3.63, 3.8) is 0 Å². The van der Waals surface area contributed by atoms with Gasteiger partial charge in [-0.1, -0.05) is 19.0 Å². The smallest absolute Gasteiger partial charge is 0.266 e. The summed E-state index contributed by atoms with van der Waals surface area (Å²) in [5.41, 5.74) is 0.273. The first-order chi connectivity index (χ1) is 13.6. The average molecular weight is 382 g/mol. The second-order valence-electron chi connectivity index (χ2n) is 7.23. The normalized spacial score (nSPS) is 15.3. The van der Waals surface area contributed by atoms with Crippen molar-refractivity contribution in [2.45, 2.75) is 26.8 Å². The molecule has 28 heavy (non-hydrogen) atoms. The Morgan fingerprint density at radius 2 is 2.04 bits per heavy atom. The molecule has 0 aromatic carbocycles. The second kappa shape index (κ2) is 7.86. The van der Waals surface area contributed by atoms with E-state index in [0.717, 1.165) is 25.3 Å². The molecule has 1 aliphatic heterocycles. The number of anilines is 1. The highest BCUT2D eigenvalue weighted by molar-refractivity contribution is 5.55. The number of nitriles is 1. The minimum atomic E-state index is 0.273. The van der Waals surface area contributed by atoms with E-state index in [1.165, 1.54) is 0 Å². The van der Waals surface area contributed by atoms with E-state index >= 15 is 0 Å². The van der Waals surface area contributed by atoms with E-state index in [4.69, 9.17) is 13.4 Å². The summed E-state index contributed by atoms with van der Waals surface area (Å²) in [6.45, 7) is 7.91. The SMILES string of the molecule is CC(C)Cc1noc(CN2CCN(c3oc(-c4ccco4)nc3C#N)CC2)n1. The van der Waals surface area contributed by atoms with Gasteiger partial charge in [0.2, 0.25) is 17.5 Å². The highest BCUT2D eigenvalue weighted by atomic mass is 16.5. The molecule has 0 radical (unpaired) electrons. The van der Waals surface area contributed by atoms with E-state index in [1.54, 1.807) is 18.4 Å². The molecule has 0 aliphatic carbocycles. The molecule has 146 valence electrons. The summed E-state index contributed by atoms with van der Waals surface area (Å²) < 4.78 is 16.5. The third-order valence-corrected chi connectivity index (χ3v) is 4.57. The van der Waals surface area contributed by atoms with Gasteiger partial charge >= 0.3 is 0 Å². The van der Waals surface area contributed by atoms with Gasteiger partial charge in [-0.05, 0) is 18.1 Å². The van der Waals surface area contributed by atoms with Crippen LogP contribution in [0.3, 0.4) is 0 Å². The summed E-state index contributed by atoms with van der Waals surface area (Å²) in [5, 5.41) is 13.4. The lowest BCUT2D eigenvalue weighted by atomic mass is 10.1. The van der Waals surface area contributed by atoms with Crippen molar-refractivity contribution in [1.82, 2.24) is 20.0 Å². The van der Waals surface area contributed by atoms with E-state index in [1.807, 2.05) is 4.90 Å². The van der Waals surface area contributed by atoms with Gasteiger partial charge in [0.05, 0.1) is 12.8 Å². The predicted octanol–water partition coefficient (Wildman–Crippen LogP) is 2.71. The molecule has 3 aromatic rings. The predicted molar refractivity (Wildman–Crippen MR) is 99.3 cm³/mol. The molecule has 9 nitrogen and oxygen atoms in total. The molecule has 1 fully saturated rings. The molecule has 4 rings (SSSR count). The Kier molecular flexibility index (Phi) is 5.12. The lowest BCUT2D eigenvalue weighted by Gasteiger charge is -2.33. The molecular formula is C19H22N6O3. The van der Waals surface area contributed by atoms with Crippen LogP contribution in [0, 0.1) is 17.2 Å². The van der Waals surface area contributed by atoms with Gasteiger partial charge in [0.15, 0.2) is 11.6 Å². The van der Waals surface area contributed by atoms with Crippen molar-refractivity contribution in [2.75, 3.05) is 31.1 Å². The van der Waals surface area contributed by atoms with Crippen molar-refractivity contribution in [3.05, 3.63) is 35.8 Å². The van der Waals surface area contributed by atoms with Gasteiger partial charge in [-0.3, -0.25) is 4.90 Å². The average Bonchev–Trinajstić information content (AvgIpc) is 3.42. The van der Waals surface area contributed by atoms with Crippen LogP contribution in [-0.4, -0.2) is 46.2 Å². The van der Waals surface area contributed by atoms with Gasteiger partial charge in [0.1, 0.15) is 6.07 Å². The van der Waals surface area contributed by atoms with E-state index in [9.17, 15) is 5.26 Å². The van der Waals surface area contributed by atoms with Crippen LogP contribution in [0.4, 0.5) is 5.88 Å². The summed E-state index contributed by atoms with van der Waals surface area (Å²) in [4.78, 5) is 13.0. The molecule has 0 N–H and O–H groups in total. The lowest BCUT2D eigenvalue weighted by Crippen LogP contribution is -2.46. The molecule has 0 bridgehead atoms. The Balaban J connectivity index is 1.38. The fraction of sp³-hybridized carbons (Fsp3) is 0.474. The number of piperazine rings is 1.